The quantitative estimate of drug-likeness (QED) is 0.758. The van der Waals surface area contributed by atoms with Crippen LogP contribution in [0.25, 0.3) is 0 Å². The largest absolute Gasteiger partial charge is 0.309 e. The predicted octanol–water partition coefficient (Wildman–Crippen LogP) is 5.07. The van der Waals surface area contributed by atoms with E-state index in [1.54, 1.807) is 11.3 Å². The van der Waals surface area contributed by atoms with Crippen molar-refractivity contribution >= 4 is 27.3 Å². The topological polar surface area (TPSA) is 12.0 Å². The Morgan fingerprint density at radius 1 is 1.20 bits per heavy atom. The highest BCUT2D eigenvalue weighted by Gasteiger charge is 2.14. The third-order valence-corrected chi connectivity index (χ3v) is 4.74. The number of benzene rings is 1. The molecule has 1 aromatic carbocycles. The minimum Gasteiger partial charge on any atom is -0.309 e. The minimum atomic E-state index is -0.526. The second-order valence-corrected chi connectivity index (χ2v) is 6.51. The number of halogens is 3. The van der Waals surface area contributed by atoms with E-state index in [9.17, 15) is 8.78 Å². The van der Waals surface area contributed by atoms with Gasteiger partial charge in [0.1, 0.15) is 11.6 Å². The molecule has 0 spiro atoms. The maximum Gasteiger partial charge on any atom is 0.126 e. The Morgan fingerprint density at radius 2 is 1.90 bits per heavy atom. The molecule has 0 saturated carbocycles. The van der Waals surface area contributed by atoms with Crippen LogP contribution in [-0.4, -0.2) is 6.54 Å². The lowest BCUT2D eigenvalue weighted by Gasteiger charge is -2.17. The van der Waals surface area contributed by atoms with Crippen molar-refractivity contribution in [1.29, 1.82) is 0 Å². The van der Waals surface area contributed by atoms with Crippen LogP contribution < -0.4 is 5.32 Å². The highest BCUT2D eigenvalue weighted by molar-refractivity contribution is 9.10. The van der Waals surface area contributed by atoms with Crippen LogP contribution in [0.5, 0.6) is 0 Å². The van der Waals surface area contributed by atoms with Gasteiger partial charge in [0, 0.05) is 26.8 Å². The van der Waals surface area contributed by atoms with Gasteiger partial charge in [0.25, 0.3) is 0 Å². The van der Waals surface area contributed by atoms with E-state index in [4.69, 9.17) is 0 Å². The molecular weight excluding hydrogens is 344 g/mol. The fourth-order valence-electron chi connectivity index (χ4n) is 2.07. The molecule has 0 bridgehead atoms. The van der Waals surface area contributed by atoms with Crippen LogP contribution in [0.15, 0.2) is 34.1 Å². The van der Waals surface area contributed by atoms with Crippen LogP contribution in [0, 0.1) is 11.6 Å². The van der Waals surface area contributed by atoms with E-state index in [2.05, 4.69) is 28.2 Å². The zero-order chi connectivity index (χ0) is 14.5. The molecule has 0 radical (unpaired) electrons. The molecule has 0 aliphatic rings. The molecule has 0 amide bonds. The van der Waals surface area contributed by atoms with Gasteiger partial charge >= 0.3 is 0 Å². The molecule has 1 unspecified atom stereocenters. The molecule has 2 aromatic rings. The molecule has 5 heteroatoms. The minimum absolute atomic E-state index is 0.0763. The summed E-state index contributed by atoms with van der Waals surface area (Å²) in [6.45, 7) is 2.97. The van der Waals surface area contributed by atoms with Gasteiger partial charge in [-0.3, -0.25) is 0 Å². The molecule has 1 atom stereocenters. The Balaban J connectivity index is 2.18. The summed E-state index contributed by atoms with van der Waals surface area (Å²) in [5, 5.41) is 5.45. The van der Waals surface area contributed by atoms with Gasteiger partial charge in [-0.15, -0.1) is 11.3 Å². The fraction of sp³-hybridized carbons (Fsp3) is 0.333. The summed E-state index contributed by atoms with van der Waals surface area (Å²) < 4.78 is 27.6. The number of rotatable bonds is 6. The van der Waals surface area contributed by atoms with E-state index >= 15 is 0 Å². The first-order chi connectivity index (χ1) is 9.58. The van der Waals surface area contributed by atoms with E-state index in [0.717, 1.165) is 28.4 Å². The Kier molecular flexibility index (Phi) is 5.69. The van der Waals surface area contributed by atoms with Gasteiger partial charge < -0.3 is 5.32 Å². The van der Waals surface area contributed by atoms with Crippen molar-refractivity contribution in [3.8, 4) is 0 Å². The number of thiophene rings is 1. The molecule has 2 rings (SSSR count). The third kappa shape index (κ3) is 4.36. The average Bonchev–Trinajstić information content (AvgIpc) is 2.80. The summed E-state index contributed by atoms with van der Waals surface area (Å²) in [7, 11) is 0. The second-order valence-electron chi connectivity index (χ2n) is 4.66. The van der Waals surface area contributed by atoms with Crippen LogP contribution in [0.2, 0.25) is 0 Å². The molecule has 108 valence electrons. The van der Waals surface area contributed by atoms with Crippen LogP contribution in [-0.2, 0) is 6.42 Å². The fourth-order valence-corrected chi connectivity index (χ4v) is 3.59. The molecule has 1 aromatic heterocycles. The summed E-state index contributed by atoms with van der Waals surface area (Å²) in [6, 6.07) is 5.82. The van der Waals surface area contributed by atoms with Gasteiger partial charge in [-0.05, 0) is 59.1 Å². The van der Waals surface area contributed by atoms with Gasteiger partial charge in [0.2, 0.25) is 0 Å². The molecule has 1 nitrogen and oxygen atoms in total. The van der Waals surface area contributed by atoms with Crippen molar-refractivity contribution in [2.45, 2.75) is 25.8 Å². The molecule has 1 heterocycles. The van der Waals surface area contributed by atoms with Gasteiger partial charge in [-0.2, -0.15) is 0 Å². The monoisotopic (exact) mass is 359 g/mol. The van der Waals surface area contributed by atoms with E-state index in [-0.39, 0.29) is 6.04 Å². The van der Waals surface area contributed by atoms with E-state index in [1.165, 1.54) is 12.1 Å². The third-order valence-electron chi connectivity index (χ3n) is 2.93. The zero-order valence-corrected chi connectivity index (χ0v) is 13.5. The van der Waals surface area contributed by atoms with Crippen LogP contribution in [0.1, 0.15) is 29.8 Å². The average molecular weight is 360 g/mol. The SMILES string of the molecule is CCCNC(Cc1cc(F)cc(F)c1)c1cc(Br)cs1. The van der Waals surface area contributed by atoms with E-state index < -0.39 is 11.6 Å². The molecule has 0 fully saturated rings. The highest BCUT2D eigenvalue weighted by atomic mass is 79.9. The first-order valence-electron chi connectivity index (χ1n) is 6.50. The van der Waals surface area contributed by atoms with Crippen LogP contribution in [0.3, 0.4) is 0 Å². The van der Waals surface area contributed by atoms with E-state index in [1.807, 2.05) is 11.4 Å². The van der Waals surface area contributed by atoms with Gasteiger partial charge in [-0.1, -0.05) is 6.92 Å². The van der Waals surface area contributed by atoms with Crippen molar-refractivity contribution in [2.24, 2.45) is 0 Å². The van der Waals surface area contributed by atoms with E-state index in [0.29, 0.717) is 12.0 Å². The smallest absolute Gasteiger partial charge is 0.126 e. The summed E-state index contributed by atoms with van der Waals surface area (Å²) >= 11 is 5.08. The molecule has 0 aliphatic carbocycles. The summed E-state index contributed by atoms with van der Waals surface area (Å²) in [4.78, 5) is 1.16. The Morgan fingerprint density at radius 3 is 2.45 bits per heavy atom. The molecular formula is C15H16BrF2NS. The number of hydrogen-bond acceptors (Lipinski definition) is 2. The normalized spacial score (nSPS) is 12.6. The molecule has 20 heavy (non-hydrogen) atoms. The maximum atomic E-state index is 13.3. The van der Waals surface area contributed by atoms with Crippen molar-refractivity contribution in [3.05, 3.63) is 56.2 Å². The number of hydrogen-bond donors (Lipinski definition) is 1. The maximum absolute atomic E-state index is 13.3. The Hall–Kier alpha value is -0.780. The lowest BCUT2D eigenvalue weighted by molar-refractivity contribution is 0.529. The summed E-state index contributed by atoms with van der Waals surface area (Å²) in [5.41, 5.74) is 0.667. The van der Waals surface area contributed by atoms with Crippen molar-refractivity contribution in [1.82, 2.24) is 5.32 Å². The standard InChI is InChI=1S/C15H16BrF2NS/c1-2-3-19-14(15-7-11(16)9-20-15)6-10-4-12(17)8-13(18)5-10/h4-5,7-9,14,19H,2-3,6H2,1H3. The highest BCUT2D eigenvalue weighted by Crippen LogP contribution is 2.28. The van der Waals surface area contributed by atoms with Crippen LogP contribution in [0.4, 0.5) is 8.78 Å². The first-order valence-corrected chi connectivity index (χ1v) is 8.18. The zero-order valence-electron chi connectivity index (χ0n) is 11.1. The van der Waals surface area contributed by atoms with Crippen LogP contribution >= 0.6 is 27.3 Å². The lowest BCUT2D eigenvalue weighted by Crippen LogP contribution is -2.23. The molecule has 0 aliphatic heterocycles. The molecule has 1 N–H and O–H groups in total. The summed E-state index contributed by atoms with van der Waals surface area (Å²) in [5.74, 6) is -1.05. The van der Waals surface area contributed by atoms with Gasteiger partial charge in [0.15, 0.2) is 0 Å². The number of nitrogens with one attached hydrogen (secondary N) is 1. The molecule has 0 saturated heterocycles. The van der Waals surface area contributed by atoms with Gasteiger partial charge in [0.05, 0.1) is 0 Å². The van der Waals surface area contributed by atoms with Crippen molar-refractivity contribution in [2.75, 3.05) is 6.54 Å². The first kappa shape index (κ1) is 15.6. The van der Waals surface area contributed by atoms with Crippen molar-refractivity contribution in [3.63, 3.8) is 0 Å². The summed E-state index contributed by atoms with van der Waals surface area (Å²) in [6.07, 6.45) is 1.59. The predicted molar refractivity (Wildman–Crippen MR) is 83.1 cm³/mol. The Bertz CT molecular complexity index is 551. The Labute approximate surface area is 130 Å². The van der Waals surface area contributed by atoms with Crippen molar-refractivity contribution < 1.29 is 8.78 Å². The second kappa shape index (κ2) is 7.29. The van der Waals surface area contributed by atoms with Gasteiger partial charge in [-0.25, -0.2) is 8.78 Å². The lowest BCUT2D eigenvalue weighted by atomic mass is 10.0.